The molecule has 2 heterocycles. The zero-order valence-corrected chi connectivity index (χ0v) is 15.2. The molecule has 0 saturated heterocycles. The predicted octanol–water partition coefficient (Wildman–Crippen LogP) is 5.54. The lowest BCUT2D eigenvalue weighted by atomic mass is 10.1. The van der Waals surface area contributed by atoms with Crippen molar-refractivity contribution in [3.05, 3.63) is 42.2 Å². The number of benzene rings is 1. The molecular weight excluding hydrogens is 316 g/mol. The number of rotatable bonds is 7. The van der Waals surface area contributed by atoms with E-state index in [1.807, 2.05) is 24.4 Å². The largest absolute Gasteiger partial charge is 0.348 e. The third kappa shape index (κ3) is 3.59. The number of hydrogen-bond acceptors (Lipinski definition) is 3. The third-order valence-corrected chi connectivity index (χ3v) is 5.61. The lowest BCUT2D eigenvalue weighted by Crippen LogP contribution is -2.34. The van der Waals surface area contributed by atoms with Crippen LogP contribution in [0.2, 0.25) is 0 Å². The Labute approximate surface area is 147 Å². The van der Waals surface area contributed by atoms with Gasteiger partial charge in [-0.2, -0.15) is 0 Å². The number of nitrogens with zero attached hydrogens (tertiary/aromatic N) is 1. The molecule has 1 aromatic carbocycles. The molecule has 1 amide bonds. The summed E-state index contributed by atoms with van der Waals surface area (Å²) in [5.41, 5.74) is 0.517. The van der Waals surface area contributed by atoms with Gasteiger partial charge in [0.05, 0.1) is 0 Å². The molecule has 4 heteroatoms. The van der Waals surface area contributed by atoms with Crippen LogP contribution >= 0.6 is 11.3 Å². The molecule has 3 aromatic rings. The van der Waals surface area contributed by atoms with E-state index in [0.717, 1.165) is 29.3 Å². The van der Waals surface area contributed by atoms with E-state index in [-0.39, 0.29) is 11.9 Å². The predicted molar refractivity (Wildman–Crippen MR) is 103 cm³/mol. The molecule has 24 heavy (non-hydrogen) atoms. The number of hydrogen-bond donors (Lipinski definition) is 1. The minimum absolute atomic E-state index is 0.0577. The van der Waals surface area contributed by atoms with Gasteiger partial charge in [-0.15, -0.1) is 11.3 Å². The van der Waals surface area contributed by atoms with E-state index in [1.54, 1.807) is 11.3 Å². The van der Waals surface area contributed by atoms with Gasteiger partial charge in [-0.3, -0.25) is 9.78 Å². The monoisotopic (exact) mass is 340 g/mol. The van der Waals surface area contributed by atoms with Crippen LogP contribution < -0.4 is 5.32 Å². The highest BCUT2D eigenvalue weighted by Gasteiger charge is 2.15. The molecule has 1 unspecified atom stereocenters. The van der Waals surface area contributed by atoms with Crippen LogP contribution in [0.5, 0.6) is 0 Å². The highest BCUT2D eigenvalue weighted by atomic mass is 32.1. The van der Waals surface area contributed by atoms with E-state index in [9.17, 15) is 4.79 Å². The Morgan fingerprint density at radius 1 is 1.17 bits per heavy atom. The summed E-state index contributed by atoms with van der Waals surface area (Å²) in [4.78, 5) is 16.9. The number of carbonyl (C=O) groups is 1. The number of thiophene rings is 1. The van der Waals surface area contributed by atoms with E-state index >= 15 is 0 Å². The fraction of sp³-hybridized carbons (Fsp3) is 0.400. The van der Waals surface area contributed by atoms with E-state index in [1.165, 1.54) is 22.9 Å². The summed E-state index contributed by atoms with van der Waals surface area (Å²) in [6, 6.07) is 10.5. The summed E-state index contributed by atoms with van der Waals surface area (Å²) < 4.78 is 2.35. The normalized spacial score (nSPS) is 12.6. The number of carbonyl (C=O) groups excluding carboxylic acids is 1. The van der Waals surface area contributed by atoms with Crippen molar-refractivity contribution in [1.82, 2.24) is 10.3 Å². The highest BCUT2D eigenvalue weighted by Crippen LogP contribution is 2.33. The first kappa shape index (κ1) is 16.9. The van der Waals surface area contributed by atoms with Gasteiger partial charge in [0.25, 0.3) is 5.91 Å². The summed E-state index contributed by atoms with van der Waals surface area (Å²) in [7, 11) is 0. The van der Waals surface area contributed by atoms with Crippen molar-refractivity contribution in [1.29, 1.82) is 0 Å². The van der Waals surface area contributed by atoms with Crippen molar-refractivity contribution in [2.24, 2.45) is 0 Å². The second-order valence-electron chi connectivity index (χ2n) is 6.24. The van der Waals surface area contributed by atoms with Gasteiger partial charge in [-0.1, -0.05) is 51.3 Å². The molecule has 0 bridgehead atoms. The van der Waals surface area contributed by atoms with Crippen molar-refractivity contribution < 1.29 is 4.79 Å². The molecule has 1 N–H and O–H groups in total. The van der Waals surface area contributed by atoms with Crippen LogP contribution in [0.1, 0.15) is 56.4 Å². The highest BCUT2D eigenvalue weighted by molar-refractivity contribution is 7.25. The van der Waals surface area contributed by atoms with E-state index in [0.29, 0.717) is 5.69 Å². The van der Waals surface area contributed by atoms with Crippen LogP contribution in [-0.4, -0.2) is 16.9 Å². The fourth-order valence-electron chi connectivity index (χ4n) is 3.02. The SMILES string of the molecule is CCCCCC(CC)NC(=O)c1cc2sc3ccccc3c2cn1. The molecule has 1 atom stereocenters. The quantitative estimate of drug-likeness (QED) is 0.574. The average molecular weight is 340 g/mol. The molecule has 0 saturated carbocycles. The number of aromatic nitrogens is 1. The van der Waals surface area contributed by atoms with Crippen LogP contribution in [0.3, 0.4) is 0 Å². The zero-order valence-electron chi connectivity index (χ0n) is 14.3. The molecule has 0 fully saturated rings. The molecule has 3 nitrogen and oxygen atoms in total. The van der Waals surface area contributed by atoms with Gasteiger partial charge in [0.1, 0.15) is 5.69 Å². The summed E-state index contributed by atoms with van der Waals surface area (Å²) in [5.74, 6) is -0.0577. The number of unbranched alkanes of at least 4 members (excludes halogenated alkanes) is 2. The Hall–Kier alpha value is -1.94. The Morgan fingerprint density at radius 3 is 2.79 bits per heavy atom. The van der Waals surface area contributed by atoms with Gasteiger partial charge >= 0.3 is 0 Å². The van der Waals surface area contributed by atoms with Gasteiger partial charge in [-0.25, -0.2) is 0 Å². The first-order chi connectivity index (χ1) is 11.7. The first-order valence-electron chi connectivity index (χ1n) is 8.81. The van der Waals surface area contributed by atoms with Crippen LogP contribution in [0, 0.1) is 0 Å². The van der Waals surface area contributed by atoms with Gasteiger partial charge in [-0.05, 0) is 25.0 Å². The fourth-order valence-corrected chi connectivity index (χ4v) is 4.14. The number of fused-ring (bicyclic) bond motifs is 3. The first-order valence-corrected chi connectivity index (χ1v) is 9.62. The van der Waals surface area contributed by atoms with Crippen LogP contribution in [-0.2, 0) is 0 Å². The zero-order chi connectivity index (χ0) is 16.9. The Kier molecular flexibility index (Phi) is 5.46. The number of amides is 1. The molecular formula is C20H24N2OS. The molecule has 2 aromatic heterocycles. The minimum Gasteiger partial charge on any atom is -0.348 e. The molecule has 126 valence electrons. The van der Waals surface area contributed by atoms with Crippen LogP contribution in [0.15, 0.2) is 36.5 Å². The van der Waals surface area contributed by atoms with Crippen molar-refractivity contribution in [2.45, 2.75) is 52.0 Å². The number of nitrogens with one attached hydrogen (secondary N) is 1. The van der Waals surface area contributed by atoms with Gasteiger partial charge < -0.3 is 5.32 Å². The van der Waals surface area contributed by atoms with Gasteiger partial charge in [0.15, 0.2) is 0 Å². The second-order valence-corrected chi connectivity index (χ2v) is 7.32. The third-order valence-electron chi connectivity index (χ3n) is 4.48. The van der Waals surface area contributed by atoms with Crippen LogP contribution in [0.25, 0.3) is 20.2 Å². The van der Waals surface area contributed by atoms with E-state index in [2.05, 4.69) is 36.3 Å². The lowest BCUT2D eigenvalue weighted by Gasteiger charge is -2.16. The average Bonchev–Trinajstić information content (AvgIpc) is 2.98. The summed E-state index contributed by atoms with van der Waals surface area (Å²) >= 11 is 1.71. The summed E-state index contributed by atoms with van der Waals surface area (Å²) in [6.07, 6.45) is 7.42. The minimum atomic E-state index is -0.0577. The maximum absolute atomic E-state index is 12.5. The maximum atomic E-state index is 12.5. The van der Waals surface area contributed by atoms with Gasteiger partial charge in [0.2, 0.25) is 0 Å². The van der Waals surface area contributed by atoms with E-state index in [4.69, 9.17) is 0 Å². The van der Waals surface area contributed by atoms with Gasteiger partial charge in [0, 0.05) is 32.4 Å². The Balaban J connectivity index is 1.78. The summed E-state index contributed by atoms with van der Waals surface area (Å²) in [5, 5.41) is 5.48. The van der Waals surface area contributed by atoms with Crippen molar-refractivity contribution in [3.63, 3.8) is 0 Å². The van der Waals surface area contributed by atoms with Crippen molar-refractivity contribution in [3.8, 4) is 0 Å². The molecule has 0 aliphatic carbocycles. The molecule has 0 radical (unpaired) electrons. The van der Waals surface area contributed by atoms with Crippen molar-refractivity contribution >= 4 is 37.4 Å². The summed E-state index contributed by atoms with van der Waals surface area (Å²) in [6.45, 7) is 4.32. The Morgan fingerprint density at radius 2 is 2.00 bits per heavy atom. The molecule has 0 aliphatic rings. The topological polar surface area (TPSA) is 42.0 Å². The molecule has 3 rings (SSSR count). The maximum Gasteiger partial charge on any atom is 0.270 e. The number of pyridine rings is 1. The van der Waals surface area contributed by atoms with Crippen LogP contribution in [0.4, 0.5) is 0 Å². The smallest absolute Gasteiger partial charge is 0.270 e. The molecule has 0 spiro atoms. The van der Waals surface area contributed by atoms with Crippen molar-refractivity contribution in [2.75, 3.05) is 0 Å². The lowest BCUT2D eigenvalue weighted by molar-refractivity contribution is 0.0928. The standard InChI is InChI=1S/C20H24N2OS/c1-3-5-6-9-14(4-2)22-20(23)17-12-19-16(13-21-17)15-10-7-8-11-18(15)24-19/h7-8,10-14H,3-6,9H2,1-2H3,(H,22,23). The second kappa shape index (κ2) is 7.75. The molecule has 0 aliphatic heterocycles. The van der Waals surface area contributed by atoms with E-state index < -0.39 is 0 Å². The Bertz CT molecular complexity index is 840.